The minimum absolute atomic E-state index is 0.0147. The maximum Gasteiger partial charge on any atom is 0.242 e. The molecule has 2 aromatic rings. The fourth-order valence-corrected chi connectivity index (χ4v) is 5.09. The Bertz CT molecular complexity index is 1000. The van der Waals surface area contributed by atoms with Gasteiger partial charge in [0.1, 0.15) is 12.3 Å². The Labute approximate surface area is 172 Å². The molecule has 29 heavy (non-hydrogen) atoms. The van der Waals surface area contributed by atoms with E-state index in [-0.39, 0.29) is 23.4 Å². The van der Waals surface area contributed by atoms with Crippen LogP contribution in [0.3, 0.4) is 0 Å². The predicted molar refractivity (Wildman–Crippen MR) is 112 cm³/mol. The quantitative estimate of drug-likeness (QED) is 0.777. The van der Waals surface area contributed by atoms with Gasteiger partial charge in [0.15, 0.2) is 9.84 Å². The lowest BCUT2D eigenvalue weighted by Gasteiger charge is -2.30. The van der Waals surface area contributed by atoms with Crippen molar-refractivity contribution in [2.45, 2.75) is 51.1 Å². The highest BCUT2D eigenvalue weighted by Gasteiger charge is 2.26. The number of sulfone groups is 1. The van der Waals surface area contributed by atoms with Crippen LogP contribution in [-0.4, -0.2) is 54.6 Å². The van der Waals surface area contributed by atoms with Gasteiger partial charge in [0, 0.05) is 36.2 Å². The van der Waals surface area contributed by atoms with Crippen molar-refractivity contribution in [2.75, 3.05) is 18.8 Å². The number of nitrogens with zero attached hydrogens (tertiary/aromatic N) is 2. The third kappa shape index (κ3) is 4.98. The monoisotopic (exact) mass is 419 g/mol. The predicted octanol–water partition coefficient (Wildman–Crippen LogP) is 2.20. The summed E-state index contributed by atoms with van der Waals surface area (Å²) in [6.07, 6.45) is 3.47. The highest BCUT2D eigenvalue weighted by molar-refractivity contribution is 7.92. The molecule has 1 aromatic heterocycles. The van der Waals surface area contributed by atoms with Crippen molar-refractivity contribution >= 4 is 32.6 Å². The number of nitrogens with one attached hydrogen (secondary N) is 1. The Hall–Kier alpha value is -2.35. The maximum atomic E-state index is 12.9. The first-order valence-electron chi connectivity index (χ1n) is 10.0. The van der Waals surface area contributed by atoms with E-state index < -0.39 is 21.5 Å². The van der Waals surface area contributed by atoms with Gasteiger partial charge in [-0.25, -0.2) is 8.42 Å². The summed E-state index contributed by atoms with van der Waals surface area (Å²) in [6.45, 7) is 7.31. The summed E-state index contributed by atoms with van der Waals surface area (Å²) >= 11 is 0. The summed E-state index contributed by atoms with van der Waals surface area (Å²) in [5.41, 5.74) is 0.675. The Morgan fingerprint density at radius 3 is 2.48 bits per heavy atom. The van der Waals surface area contributed by atoms with Gasteiger partial charge in [-0.3, -0.25) is 9.59 Å². The number of aromatic nitrogens is 1. The molecule has 158 valence electrons. The van der Waals surface area contributed by atoms with E-state index in [2.05, 4.69) is 12.2 Å². The number of carbonyl (C=O) groups excluding carboxylic acids is 2. The summed E-state index contributed by atoms with van der Waals surface area (Å²) in [6, 6.07) is 6.95. The fourth-order valence-electron chi connectivity index (χ4n) is 3.71. The highest BCUT2D eigenvalue weighted by Crippen LogP contribution is 2.27. The molecule has 2 heterocycles. The number of carbonyl (C=O) groups is 2. The molecule has 0 atom stereocenters. The molecule has 2 amide bonds. The summed E-state index contributed by atoms with van der Waals surface area (Å²) in [5, 5.41) is 3.15. The SMILES string of the molecule is CC1CCN(C(=O)Cn2cc(S(=O)(=O)CC(=O)NC(C)C)c3ccccc32)CC1. The van der Waals surface area contributed by atoms with Crippen LogP contribution in [0.2, 0.25) is 0 Å². The van der Waals surface area contributed by atoms with Gasteiger partial charge >= 0.3 is 0 Å². The highest BCUT2D eigenvalue weighted by atomic mass is 32.2. The molecule has 0 spiro atoms. The average molecular weight is 420 g/mol. The number of hydrogen-bond acceptors (Lipinski definition) is 4. The summed E-state index contributed by atoms with van der Waals surface area (Å²) in [5.74, 6) is -0.536. The molecule has 0 radical (unpaired) electrons. The van der Waals surface area contributed by atoms with E-state index in [4.69, 9.17) is 0 Å². The lowest BCUT2D eigenvalue weighted by Crippen LogP contribution is -2.39. The number of para-hydroxylation sites is 1. The van der Waals surface area contributed by atoms with E-state index in [1.807, 2.05) is 11.0 Å². The number of fused-ring (bicyclic) bond motifs is 1. The van der Waals surface area contributed by atoms with Crippen molar-refractivity contribution in [2.24, 2.45) is 5.92 Å². The van der Waals surface area contributed by atoms with Crippen LogP contribution < -0.4 is 5.32 Å². The van der Waals surface area contributed by atoms with Gasteiger partial charge < -0.3 is 14.8 Å². The second kappa shape index (κ2) is 8.57. The number of piperidine rings is 1. The zero-order valence-corrected chi connectivity index (χ0v) is 18.0. The molecule has 0 bridgehead atoms. The van der Waals surface area contributed by atoms with Crippen LogP contribution in [-0.2, 0) is 26.0 Å². The lowest BCUT2D eigenvalue weighted by molar-refractivity contribution is -0.133. The third-order valence-electron chi connectivity index (χ3n) is 5.30. The molecule has 1 N–H and O–H groups in total. The van der Waals surface area contributed by atoms with Crippen LogP contribution in [0.1, 0.15) is 33.6 Å². The van der Waals surface area contributed by atoms with Crippen molar-refractivity contribution in [1.29, 1.82) is 0 Å². The Morgan fingerprint density at radius 2 is 1.83 bits per heavy atom. The minimum atomic E-state index is -3.84. The van der Waals surface area contributed by atoms with Crippen molar-refractivity contribution < 1.29 is 18.0 Å². The normalized spacial score (nSPS) is 15.8. The van der Waals surface area contributed by atoms with Crippen LogP contribution in [0.4, 0.5) is 0 Å². The second-order valence-corrected chi connectivity index (χ2v) is 10.1. The van der Waals surface area contributed by atoms with E-state index in [9.17, 15) is 18.0 Å². The van der Waals surface area contributed by atoms with Crippen molar-refractivity contribution in [3.63, 3.8) is 0 Å². The molecule has 1 aliphatic heterocycles. The number of rotatable bonds is 6. The summed E-state index contributed by atoms with van der Waals surface area (Å²) < 4.78 is 27.5. The molecule has 7 nitrogen and oxygen atoms in total. The lowest BCUT2D eigenvalue weighted by atomic mass is 9.99. The van der Waals surface area contributed by atoms with Gasteiger partial charge in [-0.05, 0) is 38.7 Å². The van der Waals surface area contributed by atoms with E-state index in [1.165, 1.54) is 6.20 Å². The summed E-state index contributed by atoms with van der Waals surface area (Å²) in [7, 11) is -3.84. The Balaban J connectivity index is 1.87. The first-order valence-corrected chi connectivity index (χ1v) is 11.7. The summed E-state index contributed by atoms with van der Waals surface area (Å²) in [4.78, 5) is 26.7. The molecule has 0 unspecified atom stereocenters. The van der Waals surface area contributed by atoms with Gasteiger partial charge in [0.05, 0.1) is 4.90 Å². The largest absolute Gasteiger partial charge is 0.353 e. The van der Waals surface area contributed by atoms with E-state index >= 15 is 0 Å². The van der Waals surface area contributed by atoms with Gasteiger partial charge in [-0.15, -0.1) is 0 Å². The van der Waals surface area contributed by atoms with E-state index in [1.54, 1.807) is 36.6 Å². The van der Waals surface area contributed by atoms with E-state index in [0.717, 1.165) is 25.9 Å². The fraction of sp³-hybridized carbons (Fsp3) is 0.524. The van der Waals surface area contributed by atoms with Crippen molar-refractivity contribution in [1.82, 2.24) is 14.8 Å². The van der Waals surface area contributed by atoms with Crippen LogP contribution in [0, 0.1) is 5.92 Å². The minimum Gasteiger partial charge on any atom is -0.353 e. The van der Waals surface area contributed by atoms with Crippen LogP contribution in [0.5, 0.6) is 0 Å². The number of amides is 2. The first-order chi connectivity index (χ1) is 13.7. The van der Waals surface area contributed by atoms with Crippen LogP contribution >= 0.6 is 0 Å². The first kappa shape index (κ1) is 21.4. The molecule has 0 aliphatic carbocycles. The maximum absolute atomic E-state index is 12.9. The molecule has 3 rings (SSSR count). The van der Waals surface area contributed by atoms with Crippen molar-refractivity contribution in [3.8, 4) is 0 Å². The second-order valence-electron chi connectivity index (χ2n) is 8.18. The van der Waals surface area contributed by atoms with Crippen LogP contribution in [0.25, 0.3) is 10.9 Å². The molecule has 1 aromatic carbocycles. The molecular formula is C21H29N3O4S. The zero-order chi connectivity index (χ0) is 21.2. The van der Waals surface area contributed by atoms with E-state index in [0.29, 0.717) is 16.8 Å². The number of benzene rings is 1. The molecular weight excluding hydrogens is 390 g/mol. The number of likely N-dealkylation sites (tertiary alicyclic amines) is 1. The standard InChI is InChI=1S/C21H29N3O4S/c1-15(2)22-20(25)14-29(27,28)19-12-24(18-7-5-4-6-17(18)19)13-21(26)23-10-8-16(3)9-11-23/h4-7,12,15-16H,8-11,13-14H2,1-3H3,(H,22,25). The molecule has 8 heteroatoms. The van der Waals surface area contributed by atoms with Gasteiger partial charge in [-0.1, -0.05) is 25.1 Å². The van der Waals surface area contributed by atoms with Gasteiger partial charge in [0.2, 0.25) is 11.8 Å². The smallest absolute Gasteiger partial charge is 0.242 e. The molecule has 1 fully saturated rings. The number of hydrogen-bond donors (Lipinski definition) is 1. The van der Waals surface area contributed by atoms with Crippen molar-refractivity contribution in [3.05, 3.63) is 30.5 Å². The van der Waals surface area contributed by atoms with Gasteiger partial charge in [-0.2, -0.15) is 0 Å². The van der Waals surface area contributed by atoms with Crippen LogP contribution in [0.15, 0.2) is 35.4 Å². The Morgan fingerprint density at radius 1 is 1.17 bits per heavy atom. The van der Waals surface area contributed by atoms with Gasteiger partial charge in [0.25, 0.3) is 0 Å². The Kier molecular flexibility index (Phi) is 6.31. The molecule has 1 aliphatic rings. The molecule has 0 saturated carbocycles. The topological polar surface area (TPSA) is 88.5 Å². The molecule has 1 saturated heterocycles. The zero-order valence-electron chi connectivity index (χ0n) is 17.2. The average Bonchev–Trinajstić information content (AvgIpc) is 3.00. The third-order valence-corrected chi connectivity index (χ3v) is 6.94.